The monoisotopic (exact) mass is 259 g/mol. The standard InChI is InChI=1S/C18H29N/c1-11-10-12(2)14(4)16(13(11)3)17(19)15-8-7-9-18(15,5)6/h10,15,17H,7-9,19H2,1-6H3. The summed E-state index contributed by atoms with van der Waals surface area (Å²) in [7, 11) is 0. The van der Waals surface area contributed by atoms with Gasteiger partial charge in [-0.3, -0.25) is 0 Å². The van der Waals surface area contributed by atoms with Crippen molar-refractivity contribution in [3.05, 3.63) is 33.9 Å². The Morgan fingerprint density at radius 1 is 1.11 bits per heavy atom. The highest BCUT2D eigenvalue weighted by atomic mass is 14.7. The van der Waals surface area contributed by atoms with Crippen molar-refractivity contribution in [2.75, 3.05) is 0 Å². The van der Waals surface area contributed by atoms with Gasteiger partial charge in [-0.15, -0.1) is 0 Å². The summed E-state index contributed by atoms with van der Waals surface area (Å²) in [5.74, 6) is 0.617. The molecule has 1 heteroatoms. The normalized spacial score (nSPS) is 23.6. The van der Waals surface area contributed by atoms with Crippen molar-refractivity contribution in [2.45, 2.75) is 66.8 Å². The van der Waals surface area contributed by atoms with Crippen molar-refractivity contribution in [1.82, 2.24) is 0 Å². The van der Waals surface area contributed by atoms with Gasteiger partial charge in [-0.05, 0) is 79.7 Å². The van der Waals surface area contributed by atoms with E-state index in [-0.39, 0.29) is 6.04 Å². The van der Waals surface area contributed by atoms with Gasteiger partial charge in [0.05, 0.1) is 0 Å². The first-order valence-electron chi connectivity index (χ1n) is 7.58. The zero-order valence-corrected chi connectivity index (χ0v) is 13.4. The molecule has 0 heterocycles. The molecular weight excluding hydrogens is 230 g/mol. The van der Waals surface area contributed by atoms with E-state index in [1.165, 1.54) is 47.1 Å². The van der Waals surface area contributed by atoms with Crippen molar-refractivity contribution >= 4 is 0 Å². The van der Waals surface area contributed by atoms with Crippen molar-refractivity contribution in [1.29, 1.82) is 0 Å². The molecule has 1 saturated carbocycles. The number of hydrogen-bond donors (Lipinski definition) is 1. The lowest BCUT2D eigenvalue weighted by Gasteiger charge is -2.34. The second-order valence-electron chi connectivity index (χ2n) is 7.19. The lowest BCUT2D eigenvalue weighted by atomic mass is 9.73. The van der Waals surface area contributed by atoms with Gasteiger partial charge in [0.15, 0.2) is 0 Å². The molecule has 0 spiro atoms. The average Bonchev–Trinajstić information content (AvgIpc) is 2.66. The first kappa shape index (κ1) is 14.6. The second-order valence-corrected chi connectivity index (χ2v) is 7.19. The lowest BCUT2D eigenvalue weighted by Crippen LogP contribution is -2.31. The molecule has 1 nitrogen and oxygen atoms in total. The Bertz CT molecular complexity index is 459. The Kier molecular flexibility index (Phi) is 3.79. The van der Waals surface area contributed by atoms with E-state index >= 15 is 0 Å². The summed E-state index contributed by atoms with van der Waals surface area (Å²) in [6.45, 7) is 13.7. The topological polar surface area (TPSA) is 26.0 Å². The van der Waals surface area contributed by atoms with Gasteiger partial charge in [-0.1, -0.05) is 26.3 Å². The van der Waals surface area contributed by atoms with Crippen LogP contribution in [0.1, 0.15) is 67.0 Å². The van der Waals surface area contributed by atoms with Crippen molar-refractivity contribution in [3.8, 4) is 0 Å². The van der Waals surface area contributed by atoms with E-state index in [0.29, 0.717) is 11.3 Å². The summed E-state index contributed by atoms with van der Waals surface area (Å²) in [6.07, 6.45) is 3.92. The molecule has 0 aliphatic heterocycles. The van der Waals surface area contributed by atoms with Crippen LogP contribution in [0.4, 0.5) is 0 Å². The number of nitrogens with two attached hydrogens (primary N) is 1. The summed E-state index contributed by atoms with van der Waals surface area (Å²) in [5.41, 5.74) is 14.1. The smallest absolute Gasteiger partial charge is 0.0334 e. The molecule has 0 aromatic heterocycles. The molecule has 1 fully saturated rings. The lowest BCUT2D eigenvalue weighted by molar-refractivity contribution is 0.221. The Balaban J connectivity index is 2.47. The van der Waals surface area contributed by atoms with Crippen molar-refractivity contribution < 1.29 is 0 Å². The van der Waals surface area contributed by atoms with Gasteiger partial charge in [-0.2, -0.15) is 0 Å². The van der Waals surface area contributed by atoms with Crippen LogP contribution in [0.5, 0.6) is 0 Å². The Morgan fingerprint density at radius 2 is 1.63 bits per heavy atom. The first-order valence-corrected chi connectivity index (χ1v) is 7.58. The van der Waals surface area contributed by atoms with E-state index in [0.717, 1.165) is 0 Å². The number of rotatable bonds is 2. The van der Waals surface area contributed by atoms with Crippen LogP contribution in [0.3, 0.4) is 0 Å². The van der Waals surface area contributed by atoms with Crippen molar-refractivity contribution in [2.24, 2.45) is 17.1 Å². The minimum Gasteiger partial charge on any atom is -0.324 e. The van der Waals surface area contributed by atoms with E-state index < -0.39 is 0 Å². The number of aryl methyl sites for hydroxylation is 2. The van der Waals surface area contributed by atoms with Gasteiger partial charge in [0.25, 0.3) is 0 Å². The molecule has 0 amide bonds. The molecule has 1 aliphatic carbocycles. The zero-order valence-electron chi connectivity index (χ0n) is 13.4. The summed E-state index contributed by atoms with van der Waals surface area (Å²) in [5, 5.41) is 0. The fourth-order valence-corrected chi connectivity index (χ4v) is 3.97. The maximum atomic E-state index is 6.72. The zero-order chi connectivity index (χ0) is 14.4. The summed E-state index contributed by atoms with van der Waals surface area (Å²) >= 11 is 0. The van der Waals surface area contributed by atoms with E-state index in [2.05, 4.69) is 47.6 Å². The highest BCUT2D eigenvalue weighted by molar-refractivity contribution is 5.46. The van der Waals surface area contributed by atoms with E-state index in [1.807, 2.05) is 0 Å². The minimum atomic E-state index is 0.191. The molecule has 0 saturated heterocycles. The van der Waals surface area contributed by atoms with Gasteiger partial charge >= 0.3 is 0 Å². The van der Waals surface area contributed by atoms with Crippen LogP contribution in [0, 0.1) is 39.0 Å². The molecule has 2 atom stereocenters. The quantitative estimate of drug-likeness (QED) is 0.815. The van der Waals surface area contributed by atoms with E-state index in [9.17, 15) is 0 Å². The van der Waals surface area contributed by atoms with Crippen LogP contribution in [0.15, 0.2) is 6.07 Å². The number of benzene rings is 1. The molecule has 19 heavy (non-hydrogen) atoms. The highest BCUT2D eigenvalue weighted by Gasteiger charge is 2.39. The largest absolute Gasteiger partial charge is 0.324 e. The SMILES string of the molecule is Cc1cc(C)c(C)c(C(N)C2CCCC2(C)C)c1C. The van der Waals surface area contributed by atoms with Crippen molar-refractivity contribution in [3.63, 3.8) is 0 Å². The molecule has 0 radical (unpaired) electrons. The van der Waals surface area contributed by atoms with Gasteiger partial charge in [0, 0.05) is 6.04 Å². The van der Waals surface area contributed by atoms with Crippen LogP contribution < -0.4 is 5.73 Å². The predicted molar refractivity (Wildman–Crippen MR) is 83.4 cm³/mol. The third-order valence-corrected chi connectivity index (χ3v) is 5.53. The van der Waals surface area contributed by atoms with E-state index in [1.54, 1.807) is 0 Å². The summed E-state index contributed by atoms with van der Waals surface area (Å²) in [6, 6.07) is 2.48. The van der Waals surface area contributed by atoms with Crippen LogP contribution in [-0.4, -0.2) is 0 Å². The predicted octanol–water partition coefficient (Wildman–Crippen LogP) is 4.75. The Labute approximate surface area is 118 Å². The molecule has 1 aromatic rings. The molecule has 1 aromatic carbocycles. The summed E-state index contributed by atoms with van der Waals surface area (Å²) < 4.78 is 0. The van der Waals surface area contributed by atoms with Gasteiger partial charge in [0.1, 0.15) is 0 Å². The third-order valence-electron chi connectivity index (χ3n) is 5.53. The van der Waals surface area contributed by atoms with E-state index in [4.69, 9.17) is 5.73 Å². The maximum absolute atomic E-state index is 6.72. The highest BCUT2D eigenvalue weighted by Crippen LogP contribution is 2.49. The molecule has 1 aliphatic rings. The number of hydrogen-bond acceptors (Lipinski definition) is 1. The molecule has 106 valence electrons. The Hall–Kier alpha value is -0.820. The van der Waals surface area contributed by atoms with Gasteiger partial charge < -0.3 is 5.73 Å². The molecular formula is C18H29N. The first-order chi connectivity index (χ1) is 8.75. The van der Waals surface area contributed by atoms with Crippen LogP contribution >= 0.6 is 0 Å². The fraction of sp³-hybridized carbons (Fsp3) is 0.667. The molecule has 2 N–H and O–H groups in total. The van der Waals surface area contributed by atoms with Crippen LogP contribution in [0.2, 0.25) is 0 Å². The summed E-state index contributed by atoms with van der Waals surface area (Å²) in [4.78, 5) is 0. The average molecular weight is 259 g/mol. The maximum Gasteiger partial charge on any atom is 0.0334 e. The minimum absolute atomic E-state index is 0.191. The van der Waals surface area contributed by atoms with Crippen LogP contribution in [0.25, 0.3) is 0 Å². The fourth-order valence-electron chi connectivity index (χ4n) is 3.97. The second kappa shape index (κ2) is 4.94. The third kappa shape index (κ3) is 2.45. The Morgan fingerprint density at radius 3 is 2.05 bits per heavy atom. The van der Waals surface area contributed by atoms with Crippen LogP contribution in [-0.2, 0) is 0 Å². The molecule has 2 unspecified atom stereocenters. The molecule has 0 bridgehead atoms. The molecule has 2 rings (SSSR count). The van der Waals surface area contributed by atoms with Gasteiger partial charge in [0.2, 0.25) is 0 Å². The van der Waals surface area contributed by atoms with Gasteiger partial charge in [-0.25, -0.2) is 0 Å².